The summed E-state index contributed by atoms with van der Waals surface area (Å²) in [6, 6.07) is 15.2. The molecule has 0 aliphatic carbocycles. The zero-order valence-corrected chi connectivity index (χ0v) is 33.1. The second-order valence-electron chi connectivity index (χ2n) is 16.5. The molecule has 2 aliphatic rings. The van der Waals surface area contributed by atoms with Crippen molar-refractivity contribution in [2.75, 3.05) is 26.4 Å². The Balaban J connectivity index is 1.18. The van der Waals surface area contributed by atoms with Crippen LogP contribution in [0.1, 0.15) is 25.0 Å². The number of aryl methyl sites for hydroxylation is 2. The van der Waals surface area contributed by atoms with Gasteiger partial charge in [0.25, 0.3) is 11.1 Å². The van der Waals surface area contributed by atoms with E-state index in [0.717, 1.165) is 65.0 Å². The lowest BCUT2D eigenvalue weighted by Crippen LogP contribution is -2.15. The van der Waals surface area contributed by atoms with E-state index in [4.69, 9.17) is 52.1 Å². The van der Waals surface area contributed by atoms with Crippen molar-refractivity contribution in [2.24, 2.45) is 11.8 Å². The number of rotatable bonds is 0. The lowest BCUT2D eigenvalue weighted by atomic mass is 9.83. The van der Waals surface area contributed by atoms with Crippen LogP contribution in [0.5, 0.6) is 23.0 Å². The third-order valence-corrected chi connectivity index (χ3v) is 13.1. The first-order chi connectivity index (χ1) is 28.0. The predicted molar refractivity (Wildman–Crippen MR) is 230 cm³/mol. The summed E-state index contributed by atoms with van der Waals surface area (Å²) in [5.74, 6) is 2.82. The summed E-state index contributed by atoms with van der Waals surface area (Å²) >= 11 is 14.9. The Hall–Kier alpha value is -6.10. The van der Waals surface area contributed by atoms with E-state index in [2.05, 4.69) is 26.8 Å². The number of ether oxygens (including phenoxy) is 4. The van der Waals surface area contributed by atoms with Gasteiger partial charge in [-0.25, -0.2) is 9.97 Å². The molecule has 4 aromatic heterocycles. The van der Waals surface area contributed by atoms with Crippen molar-refractivity contribution >= 4 is 121 Å². The van der Waals surface area contributed by atoms with E-state index in [1.165, 1.54) is 0 Å². The summed E-state index contributed by atoms with van der Waals surface area (Å²) < 4.78 is 27.7. The van der Waals surface area contributed by atoms with E-state index in [0.29, 0.717) is 104 Å². The first kappa shape index (κ1) is 32.9. The van der Waals surface area contributed by atoms with Gasteiger partial charge in [-0.15, -0.1) is 0 Å². The summed E-state index contributed by atoms with van der Waals surface area (Å²) in [6.07, 6.45) is 0. The molecule has 2 atom stereocenters. The van der Waals surface area contributed by atoms with Gasteiger partial charge in [0.1, 0.15) is 11.3 Å². The first-order valence-corrected chi connectivity index (χ1v) is 20.2. The fourth-order valence-electron chi connectivity index (χ4n) is 9.96. The van der Waals surface area contributed by atoms with Crippen LogP contribution in [0.3, 0.4) is 0 Å². The van der Waals surface area contributed by atoms with Crippen LogP contribution in [-0.2, 0) is 0 Å². The molecule has 12 heteroatoms. The quantitative estimate of drug-likeness (QED) is 0.110. The number of hydrogen-bond acceptors (Lipinski definition) is 8. The molecular weight excluding hydrogens is 775 g/mol. The van der Waals surface area contributed by atoms with Crippen LogP contribution in [-0.4, -0.2) is 45.2 Å². The molecule has 0 bridgehead atoms. The van der Waals surface area contributed by atoms with E-state index >= 15 is 0 Å². The van der Waals surface area contributed by atoms with Crippen molar-refractivity contribution in [3.63, 3.8) is 0 Å². The maximum atomic E-state index is 14.8. The maximum absolute atomic E-state index is 14.8. The van der Waals surface area contributed by atoms with Crippen molar-refractivity contribution < 1.29 is 18.9 Å². The second-order valence-corrected chi connectivity index (χ2v) is 17.3. The molecule has 0 spiro atoms. The van der Waals surface area contributed by atoms with Crippen LogP contribution < -0.4 is 30.1 Å². The molecule has 2 aliphatic heterocycles. The highest BCUT2D eigenvalue weighted by atomic mass is 35.5. The minimum absolute atomic E-state index is 0.193. The van der Waals surface area contributed by atoms with Gasteiger partial charge in [-0.05, 0) is 60.0 Å². The fourth-order valence-corrected chi connectivity index (χ4v) is 10.6. The smallest absolute Gasteiger partial charge is 0.264 e. The summed E-state index contributed by atoms with van der Waals surface area (Å²) in [5.41, 5.74) is 4.99. The molecular formula is C46H30Cl2N4O6. The zero-order chi connectivity index (χ0) is 39.2. The average Bonchev–Trinajstić information content (AvgIpc) is 3.64. The van der Waals surface area contributed by atoms with Crippen LogP contribution in [0.15, 0.2) is 58.1 Å². The maximum Gasteiger partial charge on any atom is 0.264 e. The van der Waals surface area contributed by atoms with Gasteiger partial charge in [0.15, 0.2) is 23.0 Å². The number of aromatic nitrogens is 4. The number of pyridine rings is 2. The summed E-state index contributed by atoms with van der Waals surface area (Å²) in [4.78, 5) is 39.7. The van der Waals surface area contributed by atoms with Gasteiger partial charge < -0.3 is 18.9 Å². The van der Waals surface area contributed by atoms with Crippen molar-refractivity contribution in [1.29, 1.82) is 0 Å². The van der Waals surface area contributed by atoms with E-state index in [9.17, 15) is 9.59 Å². The number of halogens is 2. The molecule has 0 radical (unpaired) electrons. The Labute approximate surface area is 337 Å². The lowest BCUT2D eigenvalue weighted by molar-refractivity contribution is 0.228. The van der Waals surface area contributed by atoms with E-state index in [1.54, 1.807) is 14.9 Å². The Morgan fingerprint density at radius 2 is 0.879 bits per heavy atom. The Morgan fingerprint density at radius 3 is 1.34 bits per heavy atom. The van der Waals surface area contributed by atoms with Crippen LogP contribution in [0.25, 0.3) is 98.0 Å². The molecule has 0 fully saturated rings. The molecule has 10 nitrogen and oxygen atoms in total. The predicted octanol–water partition coefficient (Wildman–Crippen LogP) is 9.98. The first-order valence-electron chi connectivity index (χ1n) is 19.4. The minimum Gasteiger partial charge on any atom is -0.489 e. The van der Waals surface area contributed by atoms with Crippen molar-refractivity contribution in [3.8, 4) is 23.0 Å². The number of benzene rings is 7. The minimum atomic E-state index is -0.234. The second kappa shape index (κ2) is 10.9. The molecule has 0 amide bonds. The Morgan fingerprint density at radius 1 is 0.500 bits per heavy atom. The number of fused-ring (bicyclic) bond motifs is 12. The zero-order valence-electron chi connectivity index (χ0n) is 31.6. The van der Waals surface area contributed by atoms with Gasteiger partial charge in [-0.3, -0.25) is 18.4 Å². The van der Waals surface area contributed by atoms with E-state index < -0.39 is 0 Å². The lowest BCUT2D eigenvalue weighted by Gasteiger charge is -2.22. The summed E-state index contributed by atoms with van der Waals surface area (Å²) in [5, 5.41) is 9.97. The largest absolute Gasteiger partial charge is 0.489 e. The van der Waals surface area contributed by atoms with E-state index in [1.807, 2.05) is 43.3 Å². The van der Waals surface area contributed by atoms with Gasteiger partial charge in [0.2, 0.25) is 0 Å². The number of hydrogen-bond donors (Lipinski definition) is 0. The molecule has 0 N–H and O–H groups in total. The molecule has 7 aromatic carbocycles. The number of imidazole rings is 2. The normalized spacial score (nSPS) is 17.6. The monoisotopic (exact) mass is 804 g/mol. The van der Waals surface area contributed by atoms with Gasteiger partial charge in [0, 0.05) is 94.6 Å². The molecule has 284 valence electrons. The highest BCUT2D eigenvalue weighted by Gasteiger charge is 2.30. The molecule has 6 heterocycles. The highest BCUT2D eigenvalue weighted by molar-refractivity contribution is 6.52. The van der Waals surface area contributed by atoms with Crippen LogP contribution in [0, 0.1) is 25.7 Å². The summed E-state index contributed by atoms with van der Waals surface area (Å²) in [6.45, 7) is 10.3. The van der Waals surface area contributed by atoms with Crippen molar-refractivity contribution in [1.82, 2.24) is 18.8 Å². The van der Waals surface area contributed by atoms with Crippen molar-refractivity contribution in [2.45, 2.75) is 27.7 Å². The molecule has 0 saturated carbocycles. The van der Waals surface area contributed by atoms with Gasteiger partial charge in [0.05, 0.1) is 53.9 Å². The van der Waals surface area contributed by atoms with Crippen LogP contribution >= 0.6 is 23.2 Å². The molecule has 11 aromatic rings. The van der Waals surface area contributed by atoms with Crippen LogP contribution in [0.2, 0.25) is 10.0 Å². The van der Waals surface area contributed by atoms with Gasteiger partial charge in [-0.1, -0.05) is 37.0 Å². The Bertz CT molecular complexity index is 3570. The third kappa shape index (κ3) is 3.95. The molecule has 0 saturated heterocycles. The fraction of sp³-hybridized carbons (Fsp3) is 0.217. The molecule has 2 unspecified atom stereocenters. The standard InChI is InChI=1S/C46H30Cl2N4O6/c1-17-13-55-31-9-27-29(11-33(31)57-15-17)51-43(49-27)21-5-19(3)35-36-20(4)6-23-38-22(7-25(47)39(42(36)38)40-26(48)8-24(46(51)54)37(21)41(35)40)44-50-28-10-32-34(58-16-18(2)14-56-32)12-30(28)52(44)45(23)53/h5-12,17-18H,13-16H2,1-4H3. The molecule has 58 heavy (non-hydrogen) atoms. The van der Waals surface area contributed by atoms with Gasteiger partial charge >= 0.3 is 0 Å². The van der Waals surface area contributed by atoms with Crippen molar-refractivity contribution in [3.05, 3.63) is 90.4 Å². The SMILES string of the molecule is Cc1cc2c3c(cc(Cl)c4c5c(Cl)cc6c7c(cc(C)c(c1c43)c57)c(=O)n1c3cc4c(cc3nc61)OCC(C)CO4)c(=O)n1c3cc4c(cc3nc21)OCC(C)CO4. The molecule has 13 rings (SSSR count). The van der Waals surface area contributed by atoms with Gasteiger partial charge in [-0.2, -0.15) is 0 Å². The van der Waals surface area contributed by atoms with E-state index in [-0.39, 0.29) is 23.0 Å². The number of nitrogens with zero attached hydrogens (tertiary/aromatic N) is 4. The third-order valence-electron chi connectivity index (χ3n) is 12.5. The Kier molecular flexibility index (Phi) is 6.18. The van der Waals surface area contributed by atoms with Crippen LogP contribution in [0.4, 0.5) is 0 Å². The highest BCUT2D eigenvalue weighted by Crippen LogP contribution is 2.52. The summed E-state index contributed by atoms with van der Waals surface area (Å²) in [7, 11) is 0. The topological polar surface area (TPSA) is 106 Å². The average molecular weight is 806 g/mol.